The lowest BCUT2D eigenvalue weighted by atomic mass is 9.33. The topological polar surface area (TPSA) is 66.4 Å². The first-order valence-corrected chi connectivity index (χ1v) is 17.4. The van der Waals surface area contributed by atoms with Crippen molar-refractivity contribution in [2.24, 2.45) is 50.7 Å². The maximum atomic E-state index is 14.6. The van der Waals surface area contributed by atoms with Crippen LogP contribution >= 0.6 is 0 Å². The zero-order valence-electron chi connectivity index (χ0n) is 28.4. The molecule has 1 amide bonds. The summed E-state index contributed by atoms with van der Waals surface area (Å²) >= 11 is 0. The summed E-state index contributed by atoms with van der Waals surface area (Å²) in [7, 11) is 0. The predicted octanol–water partition coefficient (Wildman–Crippen LogP) is 9.09. The molecule has 0 aliphatic heterocycles. The van der Waals surface area contributed by atoms with Gasteiger partial charge in [-0.25, -0.2) is 0 Å². The second-order valence-electron chi connectivity index (χ2n) is 17.4. The molecule has 0 spiro atoms. The number of ketones is 1. The fourth-order valence-corrected chi connectivity index (χ4v) is 12.2. The first-order chi connectivity index (χ1) is 20.0. The normalized spacial score (nSPS) is 41.9. The lowest BCUT2D eigenvalue weighted by Gasteiger charge is -2.72. The van der Waals surface area contributed by atoms with Gasteiger partial charge in [0, 0.05) is 12.1 Å². The zero-order chi connectivity index (χ0) is 31.3. The number of amides is 1. The Balaban J connectivity index is 1.42. The van der Waals surface area contributed by atoms with Gasteiger partial charge in [0.2, 0.25) is 5.91 Å². The van der Waals surface area contributed by atoms with Crippen LogP contribution in [0, 0.1) is 50.7 Å². The highest BCUT2D eigenvalue weighted by molar-refractivity contribution is 6.10. The molecule has 43 heavy (non-hydrogen) atoms. The van der Waals surface area contributed by atoms with Gasteiger partial charge < -0.3 is 10.4 Å². The van der Waals surface area contributed by atoms with Crippen molar-refractivity contribution in [1.82, 2.24) is 0 Å². The lowest BCUT2D eigenvalue weighted by molar-refractivity contribution is -0.228. The van der Waals surface area contributed by atoms with Gasteiger partial charge >= 0.3 is 0 Å². The monoisotopic (exact) mass is 587 g/mol. The first kappa shape index (κ1) is 31.1. The van der Waals surface area contributed by atoms with Crippen molar-refractivity contribution in [2.75, 3.05) is 5.32 Å². The Kier molecular flexibility index (Phi) is 7.25. The van der Waals surface area contributed by atoms with Crippen LogP contribution in [-0.4, -0.2) is 22.9 Å². The van der Waals surface area contributed by atoms with E-state index in [0.717, 1.165) is 61.8 Å². The van der Waals surface area contributed by atoms with Crippen LogP contribution in [0.25, 0.3) is 0 Å². The zero-order valence-corrected chi connectivity index (χ0v) is 28.4. The molecule has 0 aromatic heterocycles. The summed E-state index contributed by atoms with van der Waals surface area (Å²) in [5.74, 6) is 2.01. The second kappa shape index (κ2) is 10.0. The third kappa shape index (κ3) is 4.09. The summed E-state index contributed by atoms with van der Waals surface area (Å²) in [5.41, 5.74) is 3.77. The van der Waals surface area contributed by atoms with E-state index in [-0.39, 0.29) is 51.3 Å². The van der Waals surface area contributed by atoms with E-state index in [1.807, 2.05) is 18.2 Å². The highest BCUT2D eigenvalue weighted by Crippen LogP contribution is 2.76. The molecule has 4 heteroatoms. The van der Waals surface area contributed by atoms with Crippen molar-refractivity contribution in [2.45, 2.75) is 132 Å². The molecule has 0 saturated heterocycles. The number of benzene rings is 1. The maximum absolute atomic E-state index is 14.6. The van der Waals surface area contributed by atoms with Crippen molar-refractivity contribution >= 4 is 17.4 Å². The lowest BCUT2D eigenvalue weighted by Crippen LogP contribution is -2.66. The molecule has 4 nitrogen and oxygen atoms in total. The van der Waals surface area contributed by atoms with E-state index in [4.69, 9.17) is 0 Å². The van der Waals surface area contributed by atoms with Crippen LogP contribution in [0.4, 0.5) is 5.69 Å². The average molecular weight is 588 g/mol. The number of anilines is 1. The minimum Gasteiger partial charge on any atom is -0.393 e. The van der Waals surface area contributed by atoms with Crippen LogP contribution in [0.1, 0.15) is 132 Å². The number of carbonyl (C=O) groups is 2. The Morgan fingerprint density at radius 1 is 0.837 bits per heavy atom. The minimum absolute atomic E-state index is 0.0316. The van der Waals surface area contributed by atoms with Crippen LogP contribution in [0.2, 0.25) is 0 Å². The van der Waals surface area contributed by atoms with Gasteiger partial charge in [0.25, 0.3) is 0 Å². The summed E-state index contributed by atoms with van der Waals surface area (Å²) < 4.78 is 0. The molecule has 3 unspecified atom stereocenters. The highest BCUT2D eigenvalue weighted by atomic mass is 16.3. The minimum atomic E-state index is -0.744. The molecule has 2 N–H and O–H groups in total. The Morgan fingerprint density at radius 3 is 2.21 bits per heavy atom. The molecular formula is C39H57NO3. The summed E-state index contributed by atoms with van der Waals surface area (Å²) in [6.45, 7) is 20.9. The standard InChI is InChI=1S/C39H57NO3/c1-23(2)25-12-10-11-13-27(25)40-34(43)39-21-20-37(8)26(33(39)32(24(3)4)28(41)22-39)14-15-30-36(7)18-17-31(42)35(5,6)29(36)16-19-38(30,37)9/h10-13,23-24,26,29-31,42H,14-22H2,1-9H3,(H,40,43)/t26?,29?,30?,31-,36-,37+,38+,39+/m0/s1. The number of rotatable bonds is 4. The number of allylic oxidation sites excluding steroid dienone is 1. The summed E-state index contributed by atoms with van der Waals surface area (Å²) in [6.07, 6.45) is 8.35. The summed E-state index contributed by atoms with van der Waals surface area (Å²) in [4.78, 5) is 28.6. The quantitative estimate of drug-likeness (QED) is 0.369. The van der Waals surface area contributed by atoms with E-state index in [1.165, 1.54) is 12.0 Å². The van der Waals surface area contributed by atoms with Gasteiger partial charge in [0.1, 0.15) is 0 Å². The van der Waals surface area contributed by atoms with Crippen LogP contribution in [-0.2, 0) is 9.59 Å². The number of para-hydroxylation sites is 1. The van der Waals surface area contributed by atoms with E-state index >= 15 is 0 Å². The number of aliphatic hydroxyl groups excluding tert-OH is 1. The predicted molar refractivity (Wildman–Crippen MR) is 175 cm³/mol. The molecule has 1 aromatic carbocycles. The van der Waals surface area contributed by atoms with Gasteiger partial charge in [-0.1, -0.05) is 80.5 Å². The second-order valence-corrected chi connectivity index (χ2v) is 17.4. The maximum Gasteiger partial charge on any atom is 0.235 e. The van der Waals surface area contributed by atoms with Crippen molar-refractivity contribution in [3.8, 4) is 0 Å². The van der Waals surface area contributed by atoms with Crippen LogP contribution < -0.4 is 5.32 Å². The van der Waals surface area contributed by atoms with Crippen LogP contribution in [0.5, 0.6) is 0 Å². The smallest absolute Gasteiger partial charge is 0.235 e. The number of carbonyl (C=O) groups excluding carboxylic acids is 2. The van der Waals surface area contributed by atoms with E-state index in [1.54, 1.807) is 0 Å². The van der Waals surface area contributed by atoms with Crippen molar-refractivity contribution in [3.05, 3.63) is 41.0 Å². The number of nitrogens with one attached hydrogen (secondary N) is 1. The molecule has 5 aliphatic rings. The number of hydrogen-bond donors (Lipinski definition) is 2. The molecule has 236 valence electrons. The number of hydrogen-bond acceptors (Lipinski definition) is 3. The number of aliphatic hydroxyl groups is 1. The molecule has 6 rings (SSSR count). The third-order valence-corrected chi connectivity index (χ3v) is 14.7. The van der Waals surface area contributed by atoms with E-state index in [2.05, 4.69) is 73.7 Å². The molecule has 1 aromatic rings. The highest BCUT2D eigenvalue weighted by Gasteiger charge is 2.70. The molecule has 4 saturated carbocycles. The first-order valence-electron chi connectivity index (χ1n) is 17.4. The Labute approximate surface area is 260 Å². The summed E-state index contributed by atoms with van der Waals surface area (Å²) in [5, 5.41) is 14.4. The van der Waals surface area contributed by atoms with Gasteiger partial charge in [-0.2, -0.15) is 0 Å². The van der Waals surface area contributed by atoms with Gasteiger partial charge in [0.15, 0.2) is 5.78 Å². The molecule has 0 bridgehead atoms. The van der Waals surface area contributed by atoms with Crippen molar-refractivity contribution in [1.29, 1.82) is 0 Å². The van der Waals surface area contributed by atoms with E-state index < -0.39 is 5.41 Å². The molecule has 8 atom stereocenters. The largest absolute Gasteiger partial charge is 0.393 e. The van der Waals surface area contributed by atoms with Gasteiger partial charge in [-0.3, -0.25) is 9.59 Å². The van der Waals surface area contributed by atoms with Gasteiger partial charge in [0.05, 0.1) is 11.5 Å². The van der Waals surface area contributed by atoms with Crippen LogP contribution in [0.3, 0.4) is 0 Å². The molecule has 5 aliphatic carbocycles. The molecular weight excluding hydrogens is 530 g/mol. The Bertz CT molecular complexity index is 1360. The third-order valence-electron chi connectivity index (χ3n) is 14.7. The molecule has 4 fully saturated rings. The number of Topliss-reactive ketones (excluding diaryl/α,β-unsaturated/α-hetero) is 1. The van der Waals surface area contributed by atoms with Crippen molar-refractivity contribution in [3.63, 3.8) is 0 Å². The van der Waals surface area contributed by atoms with Crippen molar-refractivity contribution < 1.29 is 14.7 Å². The SMILES string of the molecule is CC(C)C1=C2C3CCC4[C@@]5(C)CC[C@H](O)C(C)(C)C5CC[C@@]4(C)[C@]3(C)CC[C@@]2(C(=O)Nc2ccccc2C(C)C)CC1=O. The van der Waals surface area contributed by atoms with E-state index in [0.29, 0.717) is 24.2 Å². The summed E-state index contributed by atoms with van der Waals surface area (Å²) in [6, 6.07) is 8.17. The molecule has 0 heterocycles. The van der Waals surface area contributed by atoms with Gasteiger partial charge in [-0.05, 0) is 125 Å². The van der Waals surface area contributed by atoms with Gasteiger partial charge in [-0.15, -0.1) is 0 Å². The number of fused-ring (bicyclic) bond motifs is 7. The fourth-order valence-electron chi connectivity index (χ4n) is 12.2. The fraction of sp³-hybridized carbons (Fsp3) is 0.744. The molecule has 0 radical (unpaired) electrons. The average Bonchev–Trinajstić information content (AvgIpc) is 3.25. The van der Waals surface area contributed by atoms with Crippen LogP contribution in [0.15, 0.2) is 35.4 Å². The van der Waals surface area contributed by atoms with E-state index in [9.17, 15) is 14.7 Å². The Hall–Kier alpha value is -1.94. The Morgan fingerprint density at radius 2 is 1.53 bits per heavy atom.